The third kappa shape index (κ3) is 2.70. The summed E-state index contributed by atoms with van der Waals surface area (Å²) in [4.78, 5) is 2.47. The Morgan fingerprint density at radius 3 is 3.00 bits per heavy atom. The molecule has 1 saturated heterocycles. The van der Waals surface area contributed by atoms with Crippen molar-refractivity contribution in [2.45, 2.75) is 37.5 Å². The van der Waals surface area contributed by atoms with Crippen molar-refractivity contribution in [1.29, 1.82) is 0 Å². The van der Waals surface area contributed by atoms with Crippen LogP contribution in [0.1, 0.15) is 30.9 Å². The zero-order chi connectivity index (χ0) is 14.1. The van der Waals surface area contributed by atoms with E-state index in [1.54, 1.807) is 0 Å². The Morgan fingerprint density at radius 2 is 2.20 bits per heavy atom. The number of benzene rings is 1. The molecule has 1 aliphatic heterocycles. The average molecular weight is 315 g/mol. The smallest absolute Gasteiger partial charge is 0.0731 e. The zero-order valence-electron chi connectivity index (χ0n) is 11.4. The van der Waals surface area contributed by atoms with Gasteiger partial charge >= 0.3 is 0 Å². The highest BCUT2D eigenvalue weighted by Gasteiger charge is 2.39. The molecule has 1 heterocycles. The molecule has 0 amide bonds. The minimum Gasteiger partial charge on any atom is -0.375 e. The van der Waals surface area contributed by atoms with Crippen LogP contribution < -0.4 is 5.73 Å². The molecule has 1 aromatic rings. The van der Waals surface area contributed by atoms with Gasteiger partial charge in [0.2, 0.25) is 0 Å². The molecule has 3 nitrogen and oxygen atoms in total. The Balaban J connectivity index is 1.90. The van der Waals surface area contributed by atoms with Crippen molar-refractivity contribution in [3.05, 3.63) is 33.8 Å². The van der Waals surface area contributed by atoms with Crippen LogP contribution in [-0.2, 0) is 4.74 Å². The Hall–Kier alpha value is -0.320. The number of fused-ring (bicyclic) bond motifs is 1. The van der Waals surface area contributed by atoms with Gasteiger partial charge in [0.05, 0.1) is 12.7 Å². The molecule has 3 rings (SSSR count). The molecule has 1 saturated carbocycles. The molecule has 3 unspecified atom stereocenters. The highest BCUT2D eigenvalue weighted by Crippen LogP contribution is 2.37. The van der Waals surface area contributed by atoms with Gasteiger partial charge in [-0.25, -0.2) is 0 Å². The van der Waals surface area contributed by atoms with E-state index >= 15 is 0 Å². The van der Waals surface area contributed by atoms with Gasteiger partial charge in [0.25, 0.3) is 0 Å². The van der Waals surface area contributed by atoms with Crippen LogP contribution in [0, 0.1) is 0 Å². The fourth-order valence-corrected chi connectivity index (χ4v) is 3.98. The van der Waals surface area contributed by atoms with Gasteiger partial charge in [0.1, 0.15) is 0 Å². The topological polar surface area (TPSA) is 38.5 Å². The first-order valence-electron chi connectivity index (χ1n) is 7.23. The predicted molar refractivity (Wildman–Crippen MR) is 82.3 cm³/mol. The van der Waals surface area contributed by atoms with Crippen molar-refractivity contribution in [2.75, 3.05) is 19.7 Å². The summed E-state index contributed by atoms with van der Waals surface area (Å²) >= 11 is 12.5. The molecule has 2 fully saturated rings. The summed E-state index contributed by atoms with van der Waals surface area (Å²) in [6, 6.07) is 6.21. The zero-order valence-corrected chi connectivity index (χ0v) is 12.9. The summed E-state index contributed by atoms with van der Waals surface area (Å²) in [5.41, 5.74) is 7.09. The van der Waals surface area contributed by atoms with E-state index in [1.807, 2.05) is 18.2 Å². The van der Waals surface area contributed by atoms with Crippen LogP contribution in [0.4, 0.5) is 0 Å². The van der Waals surface area contributed by atoms with E-state index in [9.17, 15) is 0 Å². The number of hydrogen-bond acceptors (Lipinski definition) is 3. The molecule has 0 spiro atoms. The summed E-state index contributed by atoms with van der Waals surface area (Å²) in [6.07, 6.45) is 3.92. The first kappa shape index (κ1) is 14.6. The number of nitrogens with two attached hydrogens (primary N) is 1. The van der Waals surface area contributed by atoms with Gasteiger partial charge in [-0.1, -0.05) is 23.2 Å². The second kappa shape index (κ2) is 6.20. The Labute approximate surface area is 130 Å². The van der Waals surface area contributed by atoms with Gasteiger partial charge < -0.3 is 10.5 Å². The standard InChI is InChI=1S/C15H20Cl2N2O/c16-10-4-5-12(17)11(8-10)14(9-18)19-6-7-20-15-3-1-2-13(15)19/h4-5,8,13-15H,1-3,6-7,9,18H2. The number of nitrogens with zero attached hydrogens (tertiary/aromatic N) is 1. The fourth-order valence-electron chi connectivity index (χ4n) is 3.55. The van der Waals surface area contributed by atoms with Gasteiger partial charge in [-0.15, -0.1) is 0 Å². The number of halogens is 2. The Kier molecular flexibility index (Phi) is 4.53. The molecule has 20 heavy (non-hydrogen) atoms. The molecule has 0 bridgehead atoms. The predicted octanol–water partition coefficient (Wildman–Crippen LogP) is 3.25. The molecule has 0 aromatic heterocycles. The molecule has 1 aliphatic carbocycles. The van der Waals surface area contributed by atoms with Gasteiger partial charge in [-0.3, -0.25) is 4.90 Å². The van der Waals surface area contributed by atoms with Crippen LogP contribution in [0.3, 0.4) is 0 Å². The average Bonchev–Trinajstić information content (AvgIpc) is 2.92. The van der Waals surface area contributed by atoms with Gasteiger partial charge in [-0.2, -0.15) is 0 Å². The van der Waals surface area contributed by atoms with Crippen molar-refractivity contribution in [2.24, 2.45) is 5.73 Å². The molecule has 110 valence electrons. The lowest BCUT2D eigenvalue weighted by Gasteiger charge is -2.42. The van der Waals surface area contributed by atoms with Crippen LogP contribution in [0.5, 0.6) is 0 Å². The molecule has 3 atom stereocenters. The number of morpholine rings is 1. The van der Waals surface area contributed by atoms with E-state index in [-0.39, 0.29) is 6.04 Å². The third-order valence-corrected chi connectivity index (χ3v) is 5.05. The first-order valence-corrected chi connectivity index (χ1v) is 7.98. The molecule has 5 heteroatoms. The van der Waals surface area contributed by atoms with Crippen LogP contribution in [0.2, 0.25) is 10.0 Å². The summed E-state index contributed by atoms with van der Waals surface area (Å²) in [5, 5.41) is 1.45. The van der Waals surface area contributed by atoms with Crippen molar-refractivity contribution >= 4 is 23.2 Å². The summed E-state index contributed by atoms with van der Waals surface area (Å²) < 4.78 is 5.88. The molecule has 2 aliphatic rings. The SMILES string of the molecule is NCC(c1cc(Cl)ccc1Cl)N1CCOC2CCCC21. The first-order chi connectivity index (χ1) is 9.70. The highest BCUT2D eigenvalue weighted by atomic mass is 35.5. The molecule has 0 radical (unpaired) electrons. The minimum atomic E-state index is 0.121. The van der Waals surface area contributed by atoms with E-state index in [4.69, 9.17) is 33.7 Å². The van der Waals surface area contributed by atoms with E-state index in [1.165, 1.54) is 12.8 Å². The summed E-state index contributed by atoms with van der Waals surface area (Å²) in [5.74, 6) is 0. The second-order valence-corrected chi connectivity index (χ2v) is 6.41. The van der Waals surface area contributed by atoms with Crippen LogP contribution in [0.25, 0.3) is 0 Å². The lowest BCUT2D eigenvalue weighted by Crippen LogP contribution is -2.51. The summed E-state index contributed by atoms with van der Waals surface area (Å²) in [6.45, 7) is 2.23. The van der Waals surface area contributed by atoms with Gasteiger partial charge in [0.15, 0.2) is 0 Å². The van der Waals surface area contributed by atoms with Crippen LogP contribution in [-0.4, -0.2) is 36.7 Å². The number of rotatable bonds is 3. The third-order valence-electron chi connectivity index (χ3n) is 4.47. The maximum atomic E-state index is 6.36. The number of ether oxygens (including phenoxy) is 1. The van der Waals surface area contributed by atoms with E-state index in [0.717, 1.165) is 30.2 Å². The van der Waals surface area contributed by atoms with Crippen molar-refractivity contribution in [1.82, 2.24) is 4.90 Å². The van der Waals surface area contributed by atoms with E-state index < -0.39 is 0 Å². The Bertz CT molecular complexity index is 483. The normalized spacial score (nSPS) is 28.4. The van der Waals surface area contributed by atoms with Crippen LogP contribution >= 0.6 is 23.2 Å². The molecular weight excluding hydrogens is 295 g/mol. The van der Waals surface area contributed by atoms with Crippen molar-refractivity contribution < 1.29 is 4.74 Å². The molecule has 1 aromatic carbocycles. The second-order valence-electron chi connectivity index (χ2n) is 5.56. The highest BCUT2D eigenvalue weighted by molar-refractivity contribution is 6.33. The lowest BCUT2D eigenvalue weighted by atomic mass is 10.0. The van der Waals surface area contributed by atoms with Crippen molar-refractivity contribution in [3.63, 3.8) is 0 Å². The molecular formula is C15H20Cl2N2O. The van der Waals surface area contributed by atoms with Crippen LogP contribution in [0.15, 0.2) is 18.2 Å². The summed E-state index contributed by atoms with van der Waals surface area (Å²) in [7, 11) is 0. The largest absolute Gasteiger partial charge is 0.375 e. The fraction of sp³-hybridized carbons (Fsp3) is 0.600. The van der Waals surface area contributed by atoms with Gasteiger partial charge in [-0.05, 0) is 43.0 Å². The quantitative estimate of drug-likeness (QED) is 0.930. The minimum absolute atomic E-state index is 0.121. The van der Waals surface area contributed by atoms with Crippen molar-refractivity contribution in [3.8, 4) is 0 Å². The van der Waals surface area contributed by atoms with E-state index in [2.05, 4.69) is 4.90 Å². The lowest BCUT2D eigenvalue weighted by molar-refractivity contribution is -0.0711. The monoisotopic (exact) mass is 314 g/mol. The maximum absolute atomic E-state index is 6.36. The van der Waals surface area contributed by atoms with E-state index in [0.29, 0.717) is 23.7 Å². The number of hydrogen-bond donors (Lipinski definition) is 1. The van der Waals surface area contributed by atoms with Gasteiger partial charge in [0, 0.05) is 35.2 Å². The Morgan fingerprint density at radius 1 is 1.35 bits per heavy atom. The maximum Gasteiger partial charge on any atom is 0.0731 e. The molecule has 2 N–H and O–H groups in total.